The van der Waals surface area contributed by atoms with E-state index < -0.39 is 0 Å². The Kier molecular flexibility index (Phi) is 6.32. The molecule has 0 unspecified atom stereocenters. The third kappa shape index (κ3) is 4.77. The number of rotatable bonds is 7. The summed E-state index contributed by atoms with van der Waals surface area (Å²) in [5, 5.41) is 3.01. The van der Waals surface area contributed by atoms with Crippen molar-refractivity contribution >= 4 is 23.2 Å². The molecule has 0 saturated heterocycles. The number of nitrogens with one attached hydrogen (secondary N) is 1. The molecule has 5 heteroatoms. The van der Waals surface area contributed by atoms with Crippen molar-refractivity contribution in [3.8, 4) is 5.75 Å². The van der Waals surface area contributed by atoms with Gasteiger partial charge in [0.1, 0.15) is 5.75 Å². The standard InChI is InChI=1S/C26H26N2O3/c1-2-15-28-23-16-21(13-14-24(23)31-18-26(28)30)27-25(29)17-22(19-9-5-3-6-10-19)20-11-7-4-8-12-20/h3-14,16,22H,2,15,17-18H2,1H3,(H,27,29). The minimum absolute atomic E-state index is 0.0403. The summed E-state index contributed by atoms with van der Waals surface area (Å²) in [6, 6.07) is 25.6. The second kappa shape index (κ2) is 9.47. The second-order valence-electron chi connectivity index (χ2n) is 7.64. The van der Waals surface area contributed by atoms with Crippen molar-refractivity contribution in [2.24, 2.45) is 0 Å². The summed E-state index contributed by atoms with van der Waals surface area (Å²) in [7, 11) is 0. The lowest BCUT2D eigenvalue weighted by atomic mass is 9.88. The molecule has 0 aliphatic carbocycles. The molecule has 0 bridgehead atoms. The zero-order valence-electron chi connectivity index (χ0n) is 17.6. The SMILES string of the molecule is CCCN1C(=O)COc2ccc(NC(=O)CC(c3ccccc3)c3ccccc3)cc21. The van der Waals surface area contributed by atoms with Gasteiger partial charge >= 0.3 is 0 Å². The highest BCUT2D eigenvalue weighted by Gasteiger charge is 2.25. The Morgan fingerprint density at radius 2 is 1.65 bits per heavy atom. The molecule has 1 aliphatic heterocycles. The minimum atomic E-state index is -0.0808. The summed E-state index contributed by atoms with van der Waals surface area (Å²) in [4.78, 5) is 27.0. The lowest BCUT2D eigenvalue weighted by molar-refractivity contribution is -0.121. The number of anilines is 2. The highest BCUT2D eigenvalue weighted by molar-refractivity contribution is 5.99. The summed E-state index contributed by atoms with van der Waals surface area (Å²) in [6.07, 6.45) is 1.16. The van der Waals surface area contributed by atoms with Crippen molar-refractivity contribution in [3.63, 3.8) is 0 Å². The van der Waals surface area contributed by atoms with E-state index >= 15 is 0 Å². The molecule has 0 fully saturated rings. The van der Waals surface area contributed by atoms with Crippen LogP contribution < -0.4 is 15.0 Å². The van der Waals surface area contributed by atoms with E-state index in [9.17, 15) is 9.59 Å². The van der Waals surface area contributed by atoms with Crippen molar-refractivity contribution in [1.29, 1.82) is 0 Å². The van der Waals surface area contributed by atoms with E-state index in [0.29, 0.717) is 30.1 Å². The molecule has 31 heavy (non-hydrogen) atoms. The van der Waals surface area contributed by atoms with Crippen LogP contribution in [0.3, 0.4) is 0 Å². The van der Waals surface area contributed by atoms with Gasteiger partial charge in [0.25, 0.3) is 5.91 Å². The lowest BCUT2D eigenvalue weighted by Gasteiger charge is -2.29. The molecule has 1 N–H and O–H groups in total. The van der Waals surface area contributed by atoms with Gasteiger partial charge in [-0.25, -0.2) is 0 Å². The van der Waals surface area contributed by atoms with E-state index in [4.69, 9.17) is 4.74 Å². The molecule has 0 atom stereocenters. The molecule has 0 spiro atoms. The molecule has 0 saturated carbocycles. The Hall–Kier alpha value is -3.60. The van der Waals surface area contributed by atoms with Crippen molar-refractivity contribution in [2.75, 3.05) is 23.4 Å². The maximum atomic E-state index is 13.0. The van der Waals surface area contributed by atoms with Gasteiger partial charge in [0.2, 0.25) is 5.91 Å². The topological polar surface area (TPSA) is 58.6 Å². The molecular formula is C26H26N2O3. The van der Waals surface area contributed by atoms with Gasteiger partial charge in [-0.3, -0.25) is 9.59 Å². The molecule has 1 aliphatic rings. The number of nitrogens with zero attached hydrogens (tertiary/aromatic N) is 1. The van der Waals surface area contributed by atoms with Gasteiger partial charge in [-0.15, -0.1) is 0 Å². The van der Waals surface area contributed by atoms with E-state index in [1.807, 2.05) is 61.5 Å². The van der Waals surface area contributed by atoms with Gasteiger partial charge in [-0.05, 0) is 35.7 Å². The molecule has 5 nitrogen and oxygen atoms in total. The number of carbonyl (C=O) groups excluding carboxylic acids is 2. The monoisotopic (exact) mass is 414 g/mol. The van der Waals surface area contributed by atoms with Crippen LogP contribution in [0.1, 0.15) is 36.8 Å². The van der Waals surface area contributed by atoms with E-state index in [2.05, 4.69) is 29.6 Å². The third-order valence-corrected chi connectivity index (χ3v) is 5.43. The number of hydrogen-bond acceptors (Lipinski definition) is 3. The van der Waals surface area contributed by atoms with Gasteiger partial charge in [0.05, 0.1) is 5.69 Å². The number of benzene rings is 3. The molecule has 4 rings (SSSR count). The van der Waals surface area contributed by atoms with Gasteiger partial charge in [-0.2, -0.15) is 0 Å². The number of fused-ring (bicyclic) bond motifs is 1. The molecule has 2 amide bonds. The molecule has 3 aromatic carbocycles. The van der Waals surface area contributed by atoms with E-state index in [1.54, 1.807) is 4.90 Å². The molecule has 158 valence electrons. The predicted octanol–water partition coefficient (Wildman–Crippen LogP) is 4.98. The fraction of sp³-hybridized carbons (Fsp3) is 0.231. The van der Waals surface area contributed by atoms with Crippen LogP contribution in [0, 0.1) is 0 Å². The van der Waals surface area contributed by atoms with Crippen LogP contribution in [0.15, 0.2) is 78.9 Å². The third-order valence-electron chi connectivity index (χ3n) is 5.43. The van der Waals surface area contributed by atoms with Crippen LogP contribution in [-0.4, -0.2) is 25.0 Å². The van der Waals surface area contributed by atoms with Crippen molar-refractivity contribution in [1.82, 2.24) is 0 Å². The van der Waals surface area contributed by atoms with Crippen LogP contribution in [0.4, 0.5) is 11.4 Å². The number of hydrogen-bond donors (Lipinski definition) is 1. The maximum absolute atomic E-state index is 13.0. The Labute approximate surface area is 182 Å². The van der Waals surface area contributed by atoms with Gasteiger partial charge in [0, 0.05) is 24.6 Å². The zero-order chi connectivity index (χ0) is 21.6. The van der Waals surface area contributed by atoms with Crippen LogP contribution in [-0.2, 0) is 9.59 Å². The largest absolute Gasteiger partial charge is 0.482 e. The van der Waals surface area contributed by atoms with Gasteiger partial charge in [-0.1, -0.05) is 67.6 Å². The summed E-state index contributed by atoms with van der Waals surface area (Å²) >= 11 is 0. The molecular weight excluding hydrogens is 388 g/mol. The highest BCUT2D eigenvalue weighted by atomic mass is 16.5. The second-order valence-corrected chi connectivity index (χ2v) is 7.64. The normalized spacial score (nSPS) is 13.0. The Morgan fingerprint density at radius 3 is 2.26 bits per heavy atom. The molecule has 1 heterocycles. The highest BCUT2D eigenvalue weighted by Crippen LogP contribution is 2.35. The van der Waals surface area contributed by atoms with Crippen molar-refractivity contribution in [2.45, 2.75) is 25.7 Å². The summed E-state index contributed by atoms with van der Waals surface area (Å²) < 4.78 is 5.55. The Bertz CT molecular complexity index is 1010. The first kappa shape index (κ1) is 20.7. The van der Waals surface area contributed by atoms with Gasteiger partial charge < -0.3 is 15.0 Å². The first-order valence-corrected chi connectivity index (χ1v) is 10.6. The predicted molar refractivity (Wildman–Crippen MR) is 123 cm³/mol. The minimum Gasteiger partial charge on any atom is -0.482 e. The zero-order valence-corrected chi connectivity index (χ0v) is 17.6. The fourth-order valence-corrected chi connectivity index (χ4v) is 3.94. The van der Waals surface area contributed by atoms with Crippen molar-refractivity contribution < 1.29 is 14.3 Å². The molecule has 3 aromatic rings. The van der Waals surface area contributed by atoms with Crippen LogP contribution in [0.5, 0.6) is 5.75 Å². The van der Waals surface area contributed by atoms with Crippen LogP contribution in [0.2, 0.25) is 0 Å². The first-order valence-electron chi connectivity index (χ1n) is 10.6. The van der Waals surface area contributed by atoms with E-state index in [-0.39, 0.29) is 24.3 Å². The molecule has 0 aromatic heterocycles. The van der Waals surface area contributed by atoms with Gasteiger partial charge in [0.15, 0.2) is 6.61 Å². The number of carbonyl (C=O) groups is 2. The van der Waals surface area contributed by atoms with E-state index in [1.165, 1.54) is 0 Å². The molecule has 0 radical (unpaired) electrons. The summed E-state index contributed by atoms with van der Waals surface area (Å²) in [5.41, 5.74) is 3.56. The maximum Gasteiger partial charge on any atom is 0.265 e. The number of ether oxygens (including phenoxy) is 1. The Balaban J connectivity index is 1.54. The average Bonchev–Trinajstić information content (AvgIpc) is 2.80. The lowest BCUT2D eigenvalue weighted by Crippen LogP contribution is -2.39. The van der Waals surface area contributed by atoms with Crippen molar-refractivity contribution in [3.05, 3.63) is 90.0 Å². The van der Waals surface area contributed by atoms with Crippen LogP contribution >= 0.6 is 0 Å². The quantitative estimate of drug-likeness (QED) is 0.593. The number of amides is 2. The van der Waals surface area contributed by atoms with E-state index in [0.717, 1.165) is 17.5 Å². The first-order chi connectivity index (χ1) is 15.2. The smallest absolute Gasteiger partial charge is 0.265 e. The van der Waals surface area contributed by atoms with Crippen LogP contribution in [0.25, 0.3) is 0 Å². The Morgan fingerprint density at radius 1 is 1.00 bits per heavy atom. The summed E-state index contributed by atoms with van der Waals surface area (Å²) in [5.74, 6) is 0.479. The fourth-order valence-electron chi connectivity index (χ4n) is 3.94. The summed E-state index contributed by atoms with van der Waals surface area (Å²) in [6.45, 7) is 2.70. The average molecular weight is 415 g/mol.